The van der Waals surface area contributed by atoms with Crippen LogP contribution in [-0.4, -0.2) is 36.3 Å². The topological polar surface area (TPSA) is 60.5 Å². The summed E-state index contributed by atoms with van der Waals surface area (Å²) in [5.41, 5.74) is 2.25. The molecule has 3 rings (SSSR count). The van der Waals surface area contributed by atoms with Crippen molar-refractivity contribution in [3.05, 3.63) is 66.0 Å². The van der Waals surface area contributed by atoms with E-state index in [4.69, 9.17) is 9.47 Å². The number of pyridine rings is 1. The number of hydrogen-bond donors (Lipinski definition) is 1. The van der Waals surface area contributed by atoms with Gasteiger partial charge < -0.3 is 14.8 Å². The van der Waals surface area contributed by atoms with Crippen LogP contribution in [0.1, 0.15) is 24.0 Å². The highest BCUT2D eigenvalue weighted by atomic mass is 16.5. The average molecular weight is 340 g/mol. The summed E-state index contributed by atoms with van der Waals surface area (Å²) < 4.78 is 11.6. The fourth-order valence-electron chi connectivity index (χ4n) is 2.92. The molecule has 1 N–H and O–H groups in total. The second-order valence-electron chi connectivity index (χ2n) is 6.23. The Morgan fingerprint density at radius 1 is 1.16 bits per heavy atom. The number of rotatable bonds is 7. The van der Waals surface area contributed by atoms with Gasteiger partial charge in [-0.25, -0.2) is 0 Å². The van der Waals surface area contributed by atoms with E-state index < -0.39 is 0 Å². The van der Waals surface area contributed by atoms with Crippen LogP contribution in [0, 0.1) is 0 Å². The third-order valence-corrected chi connectivity index (χ3v) is 4.34. The molecule has 132 valence electrons. The molecular formula is C20H24N2O3. The second-order valence-corrected chi connectivity index (χ2v) is 6.23. The molecule has 5 nitrogen and oxygen atoms in total. The van der Waals surface area contributed by atoms with Gasteiger partial charge in [0.2, 0.25) is 5.91 Å². The minimum atomic E-state index is -0.0950. The lowest BCUT2D eigenvalue weighted by Crippen LogP contribution is -2.50. The van der Waals surface area contributed by atoms with Gasteiger partial charge in [0.15, 0.2) is 0 Å². The lowest BCUT2D eigenvalue weighted by atomic mass is 10.1. The van der Waals surface area contributed by atoms with Gasteiger partial charge in [-0.15, -0.1) is 0 Å². The van der Waals surface area contributed by atoms with Gasteiger partial charge in [-0.05, 0) is 36.1 Å². The normalized spacial score (nSPS) is 20.2. The summed E-state index contributed by atoms with van der Waals surface area (Å²) in [5, 5.41) is 3.07. The van der Waals surface area contributed by atoms with Crippen LogP contribution in [0.4, 0.5) is 0 Å². The molecule has 2 heterocycles. The van der Waals surface area contributed by atoms with E-state index in [1.165, 1.54) is 0 Å². The molecule has 0 radical (unpaired) electrons. The van der Waals surface area contributed by atoms with Crippen LogP contribution in [0.15, 0.2) is 54.9 Å². The molecule has 1 aliphatic heterocycles. The van der Waals surface area contributed by atoms with Crippen LogP contribution in [0.25, 0.3) is 0 Å². The van der Waals surface area contributed by atoms with Crippen LogP contribution >= 0.6 is 0 Å². The molecule has 5 heteroatoms. The molecule has 2 aromatic rings. The van der Waals surface area contributed by atoms with Crippen molar-refractivity contribution in [3.63, 3.8) is 0 Å². The molecule has 0 aliphatic carbocycles. The number of carbonyl (C=O) groups is 1. The average Bonchev–Trinajstić information content (AvgIpc) is 2.67. The molecule has 1 saturated heterocycles. The number of nitrogens with zero attached hydrogens (tertiary/aromatic N) is 1. The fourth-order valence-corrected chi connectivity index (χ4v) is 2.92. The van der Waals surface area contributed by atoms with Gasteiger partial charge in [-0.3, -0.25) is 9.78 Å². The Balaban J connectivity index is 1.47. The van der Waals surface area contributed by atoms with Gasteiger partial charge in [-0.1, -0.05) is 30.3 Å². The summed E-state index contributed by atoms with van der Waals surface area (Å²) in [4.78, 5) is 16.3. The van der Waals surface area contributed by atoms with Gasteiger partial charge in [0.1, 0.15) is 0 Å². The highest BCUT2D eigenvalue weighted by Crippen LogP contribution is 2.15. The third kappa shape index (κ3) is 5.66. The quantitative estimate of drug-likeness (QED) is 0.841. The number of aromatic nitrogens is 1. The largest absolute Gasteiger partial charge is 0.379 e. The SMILES string of the molecule is O=C(CCc1ccncc1)N[C@@H]1COCC[C@@H]1OCc1ccccc1. The first-order valence-corrected chi connectivity index (χ1v) is 8.73. The van der Waals surface area contributed by atoms with Gasteiger partial charge in [0, 0.05) is 25.4 Å². The highest BCUT2D eigenvalue weighted by molar-refractivity contribution is 5.76. The number of benzene rings is 1. The van der Waals surface area contributed by atoms with E-state index in [1.807, 2.05) is 42.5 Å². The molecule has 1 aromatic carbocycles. The molecule has 0 bridgehead atoms. The number of amides is 1. The van der Waals surface area contributed by atoms with E-state index in [2.05, 4.69) is 10.3 Å². The van der Waals surface area contributed by atoms with Gasteiger partial charge in [0.05, 0.1) is 25.4 Å². The number of aryl methyl sites for hydroxylation is 1. The van der Waals surface area contributed by atoms with Crippen molar-refractivity contribution < 1.29 is 14.3 Å². The Morgan fingerprint density at radius 3 is 2.76 bits per heavy atom. The Bertz CT molecular complexity index is 649. The summed E-state index contributed by atoms with van der Waals surface area (Å²) in [7, 11) is 0. The van der Waals surface area contributed by atoms with Gasteiger partial charge >= 0.3 is 0 Å². The van der Waals surface area contributed by atoms with E-state index in [1.54, 1.807) is 12.4 Å². The summed E-state index contributed by atoms with van der Waals surface area (Å²) in [6.45, 7) is 1.72. The first-order chi connectivity index (χ1) is 12.3. The van der Waals surface area contributed by atoms with E-state index in [0.29, 0.717) is 32.7 Å². The molecule has 0 unspecified atom stereocenters. The van der Waals surface area contributed by atoms with Gasteiger partial charge in [0.25, 0.3) is 0 Å². The van der Waals surface area contributed by atoms with Crippen molar-refractivity contribution in [3.8, 4) is 0 Å². The maximum atomic E-state index is 12.3. The highest BCUT2D eigenvalue weighted by Gasteiger charge is 2.27. The number of ether oxygens (including phenoxy) is 2. The maximum Gasteiger partial charge on any atom is 0.220 e. The number of hydrogen-bond acceptors (Lipinski definition) is 4. The monoisotopic (exact) mass is 340 g/mol. The van der Waals surface area contributed by atoms with Crippen LogP contribution in [-0.2, 0) is 27.3 Å². The van der Waals surface area contributed by atoms with Gasteiger partial charge in [-0.2, -0.15) is 0 Å². The lowest BCUT2D eigenvalue weighted by Gasteiger charge is -2.32. The first kappa shape index (κ1) is 17.6. The zero-order valence-electron chi connectivity index (χ0n) is 14.3. The van der Waals surface area contributed by atoms with Crippen molar-refractivity contribution in [1.82, 2.24) is 10.3 Å². The Labute approximate surface area is 148 Å². The van der Waals surface area contributed by atoms with Crippen molar-refractivity contribution in [2.45, 2.75) is 38.0 Å². The molecule has 1 fully saturated rings. The first-order valence-electron chi connectivity index (χ1n) is 8.73. The molecule has 2 atom stereocenters. The summed E-state index contributed by atoms with van der Waals surface area (Å²) >= 11 is 0. The third-order valence-electron chi connectivity index (χ3n) is 4.34. The van der Waals surface area contributed by atoms with Crippen LogP contribution in [0.3, 0.4) is 0 Å². The fraction of sp³-hybridized carbons (Fsp3) is 0.400. The summed E-state index contributed by atoms with van der Waals surface area (Å²) in [6.07, 6.45) is 5.43. The molecule has 25 heavy (non-hydrogen) atoms. The van der Waals surface area contributed by atoms with Crippen LogP contribution in [0.2, 0.25) is 0 Å². The van der Waals surface area contributed by atoms with Crippen LogP contribution < -0.4 is 5.32 Å². The Morgan fingerprint density at radius 2 is 1.96 bits per heavy atom. The summed E-state index contributed by atoms with van der Waals surface area (Å²) in [6, 6.07) is 13.9. The predicted molar refractivity (Wildman–Crippen MR) is 94.9 cm³/mol. The van der Waals surface area contributed by atoms with E-state index >= 15 is 0 Å². The number of nitrogens with one attached hydrogen (secondary N) is 1. The second kappa shape index (κ2) is 9.30. The Hall–Kier alpha value is -2.24. The molecule has 0 saturated carbocycles. The Kier molecular flexibility index (Phi) is 6.54. The molecule has 0 spiro atoms. The van der Waals surface area contributed by atoms with E-state index in [9.17, 15) is 4.79 Å². The minimum absolute atomic E-state index is 0.0150. The molecular weight excluding hydrogens is 316 g/mol. The van der Waals surface area contributed by atoms with Crippen molar-refractivity contribution in [2.75, 3.05) is 13.2 Å². The molecule has 1 aromatic heterocycles. The van der Waals surface area contributed by atoms with Crippen molar-refractivity contribution in [1.29, 1.82) is 0 Å². The van der Waals surface area contributed by atoms with Crippen molar-refractivity contribution in [2.24, 2.45) is 0 Å². The lowest BCUT2D eigenvalue weighted by molar-refractivity contribution is -0.126. The summed E-state index contributed by atoms with van der Waals surface area (Å²) in [5.74, 6) is 0.0284. The van der Waals surface area contributed by atoms with Crippen LogP contribution in [0.5, 0.6) is 0 Å². The molecule has 1 aliphatic rings. The number of carbonyl (C=O) groups excluding carboxylic acids is 1. The minimum Gasteiger partial charge on any atom is -0.379 e. The van der Waals surface area contributed by atoms with Crippen molar-refractivity contribution >= 4 is 5.91 Å². The zero-order valence-corrected chi connectivity index (χ0v) is 14.3. The van der Waals surface area contributed by atoms with E-state index in [0.717, 1.165) is 17.5 Å². The predicted octanol–water partition coefficient (Wildman–Crippen LogP) is 2.50. The maximum absolute atomic E-state index is 12.3. The smallest absolute Gasteiger partial charge is 0.220 e. The zero-order chi connectivity index (χ0) is 17.3. The standard InChI is InChI=1S/C20H24N2O3/c23-20(7-6-16-8-11-21-12-9-16)22-18-15-24-13-10-19(18)25-14-17-4-2-1-3-5-17/h1-5,8-9,11-12,18-19H,6-7,10,13-15H2,(H,22,23)/t18-,19+/m1/s1. The molecule has 1 amide bonds. The van der Waals surface area contributed by atoms with E-state index in [-0.39, 0.29) is 18.1 Å².